The van der Waals surface area contributed by atoms with E-state index in [0.29, 0.717) is 21.3 Å². The Bertz CT molecular complexity index is 525. The van der Waals surface area contributed by atoms with Crippen molar-refractivity contribution in [3.8, 4) is 0 Å². The first kappa shape index (κ1) is 12.4. The van der Waals surface area contributed by atoms with Crippen LogP contribution in [-0.2, 0) is 6.54 Å². The quantitative estimate of drug-likeness (QED) is 0.930. The van der Waals surface area contributed by atoms with Crippen LogP contribution in [0.5, 0.6) is 0 Å². The van der Waals surface area contributed by atoms with E-state index < -0.39 is 6.10 Å². The normalized spacial score (nSPS) is 12.7. The van der Waals surface area contributed by atoms with Gasteiger partial charge in [-0.2, -0.15) is 0 Å². The van der Waals surface area contributed by atoms with E-state index in [9.17, 15) is 5.11 Å². The van der Waals surface area contributed by atoms with Gasteiger partial charge in [-0.05, 0) is 25.1 Å². The van der Waals surface area contributed by atoms with Gasteiger partial charge in [-0.15, -0.1) is 0 Å². The molecule has 17 heavy (non-hydrogen) atoms. The van der Waals surface area contributed by atoms with Crippen LogP contribution in [0.4, 0.5) is 0 Å². The van der Waals surface area contributed by atoms with E-state index in [0.717, 1.165) is 6.54 Å². The summed E-state index contributed by atoms with van der Waals surface area (Å²) in [7, 11) is 0. The molecule has 1 aromatic heterocycles. The molecule has 3 nitrogen and oxygen atoms in total. The molecule has 1 unspecified atom stereocenters. The van der Waals surface area contributed by atoms with Crippen LogP contribution in [0.3, 0.4) is 0 Å². The van der Waals surface area contributed by atoms with Crippen molar-refractivity contribution in [3.63, 3.8) is 0 Å². The van der Waals surface area contributed by atoms with Gasteiger partial charge >= 0.3 is 0 Å². The van der Waals surface area contributed by atoms with Crippen LogP contribution in [0.2, 0.25) is 10.0 Å². The first-order valence-electron chi connectivity index (χ1n) is 5.26. The maximum atomic E-state index is 10.2. The Morgan fingerprint density at radius 1 is 1.41 bits per heavy atom. The summed E-state index contributed by atoms with van der Waals surface area (Å²) in [5.74, 6) is 0. The maximum absolute atomic E-state index is 10.2. The molecule has 0 aliphatic rings. The SMILES string of the molecule is CCn1cnc(C(O)c2cc(Cl)ccc2Cl)c1. The fourth-order valence-corrected chi connectivity index (χ4v) is 1.98. The van der Waals surface area contributed by atoms with Crippen molar-refractivity contribution in [1.29, 1.82) is 0 Å². The lowest BCUT2D eigenvalue weighted by atomic mass is 10.1. The highest BCUT2D eigenvalue weighted by atomic mass is 35.5. The Kier molecular flexibility index (Phi) is 3.72. The Labute approximate surface area is 110 Å². The van der Waals surface area contributed by atoms with Crippen molar-refractivity contribution in [2.24, 2.45) is 0 Å². The number of imidazole rings is 1. The van der Waals surface area contributed by atoms with Crippen molar-refractivity contribution < 1.29 is 5.11 Å². The van der Waals surface area contributed by atoms with Gasteiger partial charge in [-0.1, -0.05) is 23.2 Å². The van der Waals surface area contributed by atoms with Gasteiger partial charge in [-0.25, -0.2) is 4.98 Å². The minimum atomic E-state index is -0.853. The fourth-order valence-electron chi connectivity index (χ4n) is 1.58. The van der Waals surface area contributed by atoms with Crippen molar-refractivity contribution in [1.82, 2.24) is 9.55 Å². The number of nitrogens with zero attached hydrogens (tertiary/aromatic N) is 2. The van der Waals surface area contributed by atoms with E-state index in [1.165, 1.54) is 0 Å². The highest BCUT2D eigenvalue weighted by molar-refractivity contribution is 6.33. The third-order valence-corrected chi connectivity index (χ3v) is 3.13. The molecule has 0 bridgehead atoms. The van der Waals surface area contributed by atoms with E-state index in [1.54, 1.807) is 30.7 Å². The van der Waals surface area contributed by atoms with Crippen LogP contribution in [0.15, 0.2) is 30.7 Å². The number of aromatic nitrogens is 2. The lowest BCUT2D eigenvalue weighted by Gasteiger charge is -2.10. The number of aryl methyl sites for hydroxylation is 1. The third kappa shape index (κ3) is 2.63. The average Bonchev–Trinajstić information content (AvgIpc) is 2.80. The van der Waals surface area contributed by atoms with Crippen molar-refractivity contribution in [2.45, 2.75) is 19.6 Å². The van der Waals surface area contributed by atoms with E-state index in [1.807, 2.05) is 11.5 Å². The molecule has 0 aliphatic carbocycles. The molecular formula is C12H12Cl2N2O. The summed E-state index contributed by atoms with van der Waals surface area (Å²) in [6.07, 6.45) is 2.62. The average molecular weight is 271 g/mol. The van der Waals surface area contributed by atoms with Crippen molar-refractivity contribution in [3.05, 3.63) is 52.0 Å². The van der Waals surface area contributed by atoms with Gasteiger partial charge < -0.3 is 9.67 Å². The predicted molar refractivity (Wildman–Crippen MR) is 68.4 cm³/mol. The zero-order valence-corrected chi connectivity index (χ0v) is 10.8. The molecule has 0 aliphatic heterocycles. The van der Waals surface area contributed by atoms with Gasteiger partial charge in [0.15, 0.2) is 0 Å². The predicted octanol–water partition coefficient (Wildman–Crippen LogP) is 3.29. The largest absolute Gasteiger partial charge is 0.382 e. The van der Waals surface area contributed by atoms with Crippen LogP contribution in [0.25, 0.3) is 0 Å². The maximum Gasteiger partial charge on any atom is 0.124 e. The summed E-state index contributed by atoms with van der Waals surface area (Å²) in [5, 5.41) is 11.2. The standard InChI is InChI=1S/C12H12Cl2N2O/c1-2-16-6-11(15-7-16)12(17)9-5-8(13)3-4-10(9)14/h3-7,12,17H,2H2,1H3. The second-order valence-electron chi connectivity index (χ2n) is 3.70. The molecule has 1 N–H and O–H groups in total. The molecule has 5 heteroatoms. The summed E-state index contributed by atoms with van der Waals surface area (Å²) in [6.45, 7) is 2.81. The molecule has 1 atom stereocenters. The summed E-state index contributed by atoms with van der Waals surface area (Å²) in [6, 6.07) is 5.00. The van der Waals surface area contributed by atoms with E-state index in [4.69, 9.17) is 23.2 Å². The second-order valence-corrected chi connectivity index (χ2v) is 4.54. The fraction of sp³-hybridized carbons (Fsp3) is 0.250. The van der Waals surface area contributed by atoms with E-state index in [2.05, 4.69) is 4.98 Å². The Morgan fingerprint density at radius 2 is 2.18 bits per heavy atom. The summed E-state index contributed by atoms with van der Waals surface area (Å²) in [5.41, 5.74) is 1.14. The topological polar surface area (TPSA) is 38.0 Å². The highest BCUT2D eigenvalue weighted by Gasteiger charge is 2.16. The summed E-state index contributed by atoms with van der Waals surface area (Å²) >= 11 is 11.9. The molecule has 0 radical (unpaired) electrons. The van der Waals surface area contributed by atoms with Crippen LogP contribution >= 0.6 is 23.2 Å². The van der Waals surface area contributed by atoms with Crippen LogP contribution in [0, 0.1) is 0 Å². The Morgan fingerprint density at radius 3 is 2.82 bits per heavy atom. The molecular weight excluding hydrogens is 259 g/mol. The van der Waals surface area contributed by atoms with Gasteiger partial charge in [-0.3, -0.25) is 0 Å². The van der Waals surface area contributed by atoms with Crippen molar-refractivity contribution in [2.75, 3.05) is 0 Å². The molecule has 0 amide bonds. The summed E-state index contributed by atoms with van der Waals surface area (Å²) in [4.78, 5) is 4.15. The van der Waals surface area contributed by atoms with E-state index >= 15 is 0 Å². The first-order valence-corrected chi connectivity index (χ1v) is 6.02. The highest BCUT2D eigenvalue weighted by Crippen LogP contribution is 2.29. The van der Waals surface area contributed by atoms with Gasteiger partial charge in [0.2, 0.25) is 0 Å². The lowest BCUT2D eigenvalue weighted by Crippen LogP contribution is -2.01. The monoisotopic (exact) mass is 270 g/mol. The molecule has 90 valence electrons. The molecule has 2 rings (SSSR count). The molecule has 1 aromatic carbocycles. The molecule has 0 saturated heterocycles. The van der Waals surface area contributed by atoms with Gasteiger partial charge in [0.1, 0.15) is 6.10 Å². The van der Waals surface area contributed by atoms with Crippen LogP contribution in [-0.4, -0.2) is 14.7 Å². The molecule has 0 spiro atoms. The lowest BCUT2D eigenvalue weighted by molar-refractivity contribution is 0.216. The molecule has 0 fully saturated rings. The minimum Gasteiger partial charge on any atom is -0.382 e. The number of aliphatic hydroxyl groups excluding tert-OH is 1. The molecule has 0 saturated carbocycles. The van der Waals surface area contributed by atoms with Crippen molar-refractivity contribution >= 4 is 23.2 Å². The zero-order chi connectivity index (χ0) is 12.4. The number of halogens is 2. The molecule has 1 heterocycles. The number of benzene rings is 1. The second kappa shape index (κ2) is 5.08. The smallest absolute Gasteiger partial charge is 0.124 e. The number of hydrogen-bond acceptors (Lipinski definition) is 2. The van der Waals surface area contributed by atoms with Crippen LogP contribution < -0.4 is 0 Å². The minimum absolute atomic E-state index is 0.480. The molecule has 2 aromatic rings. The third-order valence-electron chi connectivity index (χ3n) is 2.55. The van der Waals surface area contributed by atoms with Gasteiger partial charge in [0.25, 0.3) is 0 Å². The number of aliphatic hydroxyl groups is 1. The summed E-state index contributed by atoms with van der Waals surface area (Å²) < 4.78 is 1.89. The Balaban J connectivity index is 2.35. The first-order chi connectivity index (χ1) is 8.11. The zero-order valence-electron chi connectivity index (χ0n) is 9.27. The van der Waals surface area contributed by atoms with Crippen LogP contribution in [0.1, 0.15) is 24.3 Å². The Hall–Kier alpha value is -1.03. The number of hydrogen-bond donors (Lipinski definition) is 1. The van der Waals surface area contributed by atoms with Gasteiger partial charge in [0, 0.05) is 28.4 Å². The van der Waals surface area contributed by atoms with Gasteiger partial charge in [0.05, 0.1) is 12.0 Å². The number of rotatable bonds is 3. The van der Waals surface area contributed by atoms with E-state index in [-0.39, 0.29) is 0 Å².